The highest BCUT2D eigenvalue weighted by Crippen LogP contribution is 2.28. The zero-order valence-electron chi connectivity index (χ0n) is 7.73. The molecule has 5 N–H and O–H groups in total. The van der Waals surface area contributed by atoms with Gasteiger partial charge in [-0.05, 0) is 18.8 Å². The minimum absolute atomic E-state index is 0.0394. The number of carbonyl (C=O) groups excluding carboxylic acids is 1. The zero-order valence-corrected chi connectivity index (χ0v) is 7.73. The number of primary amides is 1. The van der Waals surface area contributed by atoms with E-state index in [1.807, 2.05) is 13.0 Å². The molecule has 0 saturated carbocycles. The summed E-state index contributed by atoms with van der Waals surface area (Å²) in [5.41, 5.74) is 11.1. The van der Waals surface area contributed by atoms with Gasteiger partial charge in [0.05, 0.1) is 0 Å². The third-order valence-electron chi connectivity index (χ3n) is 2.44. The van der Waals surface area contributed by atoms with Crippen molar-refractivity contribution in [2.24, 2.45) is 23.3 Å². The average molecular weight is 184 g/mol. The maximum atomic E-state index is 10.9. The molecule has 0 saturated heterocycles. The molecular weight excluding hydrogens is 168 g/mol. The summed E-state index contributed by atoms with van der Waals surface area (Å²) in [7, 11) is 0. The van der Waals surface area contributed by atoms with Crippen molar-refractivity contribution in [1.29, 1.82) is 0 Å². The van der Waals surface area contributed by atoms with Gasteiger partial charge in [-0.3, -0.25) is 4.79 Å². The van der Waals surface area contributed by atoms with Crippen LogP contribution >= 0.6 is 0 Å². The molecule has 0 aliphatic heterocycles. The van der Waals surface area contributed by atoms with Gasteiger partial charge in [-0.2, -0.15) is 0 Å². The first kappa shape index (κ1) is 10.2. The molecule has 0 heterocycles. The molecule has 4 nitrogen and oxygen atoms in total. The molecule has 0 spiro atoms. The first-order valence-corrected chi connectivity index (χ1v) is 4.45. The highest BCUT2D eigenvalue weighted by Gasteiger charge is 2.25. The topological polar surface area (TPSA) is 89.3 Å². The lowest BCUT2D eigenvalue weighted by molar-refractivity contribution is -0.115. The molecule has 1 aliphatic carbocycles. The van der Waals surface area contributed by atoms with Crippen LogP contribution in [0.2, 0.25) is 0 Å². The first-order valence-electron chi connectivity index (χ1n) is 4.45. The van der Waals surface area contributed by atoms with E-state index in [0.717, 1.165) is 6.42 Å². The van der Waals surface area contributed by atoms with Crippen molar-refractivity contribution in [3.8, 4) is 0 Å². The number of aliphatic hydroxyl groups is 1. The van der Waals surface area contributed by atoms with E-state index in [9.17, 15) is 9.90 Å². The van der Waals surface area contributed by atoms with Gasteiger partial charge in [0.25, 0.3) is 0 Å². The molecule has 74 valence electrons. The highest BCUT2D eigenvalue weighted by molar-refractivity contribution is 5.92. The van der Waals surface area contributed by atoms with Gasteiger partial charge < -0.3 is 16.6 Å². The molecule has 2 unspecified atom stereocenters. The largest absolute Gasteiger partial charge is 0.379 e. The van der Waals surface area contributed by atoms with Crippen LogP contribution in [0.4, 0.5) is 0 Å². The molecule has 0 fully saturated rings. The molecule has 0 aromatic heterocycles. The lowest BCUT2D eigenvalue weighted by Crippen LogP contribution is -2.34. The van der Waals surface area contributed by atoms with E-state index in [2.05, 4.69) is 0 Å². The fourth-order valence-corrected chi connectivity index (χ4v) is 1.77. The predicted molar refractivity (Wildman–Crippen MR) is 49.4 cm³/mol. The van der Waals surface area contributed by atoms with Gasteiger partial charge in [-0.1, -0.05) is 13.0 Å². The fraction of sp³-hybridized carbons (Fsp3) is 0.667. The van der Waals surface area contributed by atoms with Gasteiger partial charge in [0.2, 0.25) is 5.91 Å². The predicted octanol–water partition coefficient (Wildman–Crippen LogP) is -0.279. The third kappa shape index (κ3) is 2.54. The highest BCUT2D eigenvalue weighted by atomic mass is 16.3. The third-order valence-corrected chi connectivity index (χ3v) is 2.44. The maximum Gasteiger partial charge on any atom is 0.244 e. The number of carbonyl (C=O) groups is 1. The van der Waals surface area contributed by atoms with Crippen LogP contribution in [0, 0.1) is 11.8 Å². The molecule has 1 rings (SSSR count). The zero-order chi connectivity index (χ0) is 10.0. The van der Waals surface area contributed by atoms with Crippen LogP contribution in [-0.4, -0.2) is 17.2 Å². The Morgan fingerprint density at radius 2 is 2.38 bits per heavy atom. The molecule has 13 heavy (non-hydrogen) atoms. The summed E-state index contributed by atoms with van der Waals surface area (Å²) in [6.07, 6.45) is 2.32. The van der Waals surface area contributed by atoms with E-state index in [4.69, 9.17) is 11.5 Å². The van der Waals surface area contributed by atoms with Gasteiger partial charge in [-0.15, -0.1) is 0 Å². The Balaban J connectivity index is 2.73. The molecule has 1 amide bonds. The standard InChI is InChI=1S/C9H16N2O2/c1-5-2-6(8(10)12)4-7(3-5)9(11)13/h2,5,7,9,13H,3-4,11H2,1H3,(H2,10,12)/t5?,7-,9?/m0/s1. The molecule has 0 aromatic rings. The fourth-order valence-electron chi connectivity index (χ4n) is 1.77. The Labute approximate surface area is 77.6 Å². The molecule has 3 atom stereocenters. The second-order valence-electron chi connectivity index (χ2n) is 3.72. The summed E-state index contributed by atoms with van der Waals surface area (Å²) in [6, 6.07) is 0. The molecule has 1 aliphatic rings. The van der Waals surface area contributed by atoms with Crippen LogP contribution in [0.1, 0.15) is 19.8 Å². The van der Waals surface area contributed by atoms with Crippen molar-refractivity contribution in [3.05, 3.63) is 11.6 Å². The van der Waals surface area contributed by atoms with E-state index < -0.39 is 12.1 Å². The average Bonchev–Trinajstić information content (AvgIpc) is 2.03. The number of hydrogen-bond acceptors (Lipinski definition) is 3. The van der Waals surface area contributed by atoms with Crippen molar-refractivity contribution in [2.45, 2.75) is 26.0 Å². The quantitative estimate of drug-likeness (QED) is 0.516. The SMILES string of the molecule is CC1C=C(C(N)=O)C[C@@H](C(N)O)C1. The summed E-state index contributed by atoms with van der Waals surface area (Å²) in [6.45, 7) is 1.98. The van der Waals surface area contributed by atoms with Crippen molar-refractivity contribution < 1.29 is 9.90 Å². The summed E-state index contributed by atoms with van der Waals surface area (Å²) in [4.78, 5) is 10.9. The summed E-state index contributed by atoms with van der Waals surface area (Å²) in [5, 5.41) is 9.19. The molecule has 4 heteroatoms. The molecule has 0 bridgehead atoms. The van der Waals surface area contributed by atoms with E-state index >= 15 is 0 Å². The second kappa shape index (κ2) is 3.89. The van der Waals surface area contributed by atoms with Gasteiger partial charge in [0.1, 0.15) is 6.23 Å². The van der Waals surface area contributed by atoms with Crippen molar-refractivity contribution in [3.63, 3.8) is 0 Å². The maximum absolute atomic E-state index is 10.9. The summed E-state index contributed by atoms with van der Waals surface area (Å²) >= 11 is 0. The lowest BCUT2D eigenvalue weighted by atomic mass is 9.82. The summed E-state index contributed by atoms with van der Waals surface area (Å²) < 4.78 is 0. The van der Waals surface area contributed by atoms with Crippen LogP contribution in [-0.2, 0) is 4.79 Å². The number of nitrogens with two attached hydrogens (primary N) is 2. The smallest absolute Gasteiger partial charge is 0.244 e. The Morgan fingerprint density at radius 3 is 2.85 bits per heavy atom. The van der Waals surface area contributed by atoms with Crippen molar-refractivity contribution >= 4 is 5.91 Å². The van der Waals surface area contributed by atoms with Crippen molar-refractivity contribution in [1.82, 2.24) is 0 Å². The Hall–Kier alpha value is -0.870. The molecular formula is C9H16N2O2. The number of rotatable bonds is 2. The normalized spacial score (nSPS) is 30.8. The number of hydrogen-bond donors (Lipinski definition) is 3. The number of aliphatic hydroxyl groups excluding tert-OH is 1. The van der Waals surface area contributed by atoms with Gasteiger partial charge in [0, 0.05) is 11.5 Å². The van der Waals surface area contributed by atoms with Crippen LogP contribution < -0.4 is 11.5 Å². The van der Waals surface area contributed by atoms with Crippen LogP contribution in [0.5, 0.6) is 0 Å². The van der Waals surface area contributed by atoms with E-state index in [0.29, 0.717) is 12.0 Å². The summed E-state index contributed by atoms with van der Waals surface area (Å²) in [5.74, 6) is -0.181. The number of amides is 1. The number of allylic oxidation sites excluding steroid dienone is 1. The van der Waals surface area contributed by atoms with Crippen molar-refractivity contribution in [2.75, 3.05) is 0 Å². The monoisotopic (exact) mass is 184 g/mol. The molecule has 0 aromatic carbocycles. The Kier molecular flexibility index (Phi) is 3.06. The Morgan fingerprint density at radius 1 is 1.77 bits per heavy atom. The minimum atomic E-state index is -0.856. The van der Waals surface area contributed by atoms with Gasteiger partial charge >= 0.3 is 0 Å². The molecule has 0 radical (unpaired) electrons. The van der Waals surface area contributed by atoms with E-state index in [1.54, 1.807) is 0 Å². The lowest BCUT2D eigenvalue weighted by Gasteiger charge is -2.27. The van der Waals surface area contributed by atoms with Crippen LogP contribution in [0.3, 0.4) is 0 Å². The van der Waals surface area contributed by atoms with Crippen LogP contribution in [0.25, 0.3) is 0 Å². The van der Waals surface area contributed by atoms with Crippen LogP contribution in [0.15, 0.2) is 11.6 Å². The minimum Gasteiger partial charge on any atom is -0.379 e. The van der Waals surface area contributed by atoms with Gasteiger partial charge in [0.15, 0.2) is 0 Å². The van der Waals surface area contributed by atoms with E-state index in [-0.39, 0.29) is 11.8 Å². The second-order valence-corrected chi connectivity index (χ2v) is 3.72. The van der Waals surface area contributed by atoms with Gasteiger partial charge in [-0.25, -0.2) is 0 Å². The van der Waals surface area contributed by atoms with E-state index in [1.165, 1.54) is 0 Å². The Bertz CT molecular complexity index is 236. The first-order chi connectivity index (χ1) is 6.00.